The fraction of sp³-hybridized carbons (Fsp3) is 0.538. The molecule has 2 N–H and O–H groups in total. The molecule has 0 aromatic heterocycles. The molecule has 0 bridgehead atoms. The monoisotopic (exact) mass is 225 g/mol. The highest BCUT2D eigenvalue weighted by atomic mass is 19.1. The highest BCUT2D eigenvalue weighted by molar-refractivity contribution is 5.29. The predicted molar refractivity (Wildman–Crippen MR) is 64.1 cm³/mol. The fourth-order valence-electron chi connectivity index (χ4n) is 1.88. The fourth-order valence-corrected chi connectivity index (χ4v) is 1.88. The van der Waals surface area contributed by atoms with Crippen molar-refractivity contribution in [2.45, 2.75) is 26.2 Å². The molecule has 0 radical (unpaired) electrons. The molecule has 1 aromatic rings. The van der Waals surface area contributed by atoms with Crippen molar-refractivity contribution in [1.29, 1.82) is 0 Å². The quantitative estimate of drug-likeness (QED) is 0.808. The van der Waals surface area contributed by atoms with Crippen LogP contribution in [0.3, 0.4) is 0 Å². The molecule has 3 heteroatoms. The summed E-state index contributed by atoms with van der Waals surface area (Å²) in [6.07, 6.45) is 3.04. The Balaban J connectivity index is 2.69. The minimum absolute atomic E-state index is 0.295. The van der Waals surface area contributed by atoms with E-state index in [1.54, 1.807) is 6.07 Å². The molecule has 0 spiro atoms. The van der Waals surface area contributed by atoms with E-state index in [4.69, 9.17) is 10.5 Å². The number of rotatable bonds is 6. The summed E-state index contributed by atoms with van der Waals surface area (Å²) in [5.74, 6) is 0.439. The van der Waals surface area contributed by atoms with Gasteiger partial charge in [0.25, 0.3) is 0 Å². The Morgan fingerprint density at radius 1 is 1.44 bits per heavy atom. The predicted octanol–water partition coefficient (Wildman–Crippen LogP) is 2.75. The average molecular weight is 225 g/mol. The first-order valence-electron chi connectivity index (χ1n) is 5.73. The molecule has 0 aliphatic rings. The number of benzene rings is 1. The summed E-state index contributed by atoms with van der Waals surface area (Å²) in [5.41, 5.74) is 6.67. The van der Waals surface area contributed by atoms with Gasteiger partial charge in [-0.1, -0.05) is 19.4 Å². The van der Waals surface area contributed by atoms with Gasteiger partial charge in [0.05, 0.1) is 7.11 Å². The molecule has 1 unspecified atom stereocenters. The topological polar surface area (TPSA) is 35.2 Å². The Kier molecular flexibility index (Phi) is 5.26. The SMILES string of the molecule is CCCC(CN)Cc1ccc(OC)c(F)c1. The van der Waals surface area contributed by atoms with Gasteiger partial charge in [0, 0.05) is 0 Å². The van der Waals surface area contributed by atoms with Crippen LogP contribution in [0.4, 0.5) is 4.39 Å². The lowest BCUT2D eigenvalue weighted by molar-refractivity contribution is 0.385. The molecule has 1 aromatic carbocycles. The normalized spacial score (nSPS) is 12.5. The van der Waals surface area contributed by atoms with Gasteiger partial charge >= 0.3 is 0 Å². The first kappa shape index (κ1) is 13.0. The smallest absolute Gasteiger partial charge is 0.165 e. The van der Waals surface area contributed by atoms with Crippen molar-refractivity contribution >= 4 is 0 Å². The van der Waals surface area contributed by atoms with Crippen LogP contribution in [0.25, 0.3) is 0 Å². The standard InChI is InChI=1S/C13H20FNO/c1-3-4-11(9-15)7-10-5-6-13(16-2)12(14)8-10/h5-6,8,11H,3-4,7,9,15H2,1-2H3. The maximum absolute atomic E-state index is 13.4. The van der Waals surface area contributed by atoms with Crippen LogP contribution in [-0.2, 0) is 6.42 Å². The third-order valence-corrected chi connectivity index (χ3v) is 2.77. The Labute approximate surface area is 96.6 Å². The summed E-state index contributed by atoms with van der Waals surface area (Å²) in [6.45, 7) is 2.79. The molecule has 0 saturated carbocycles. The summed E-state index contributed by atoms with van der Waals surface area (Å²) in [4.78, 5) is 0. The number of ether oxygens (including phenoxy) is 1. The van der Waals surface area contributed by atoms with Crippen LogP contribution >= 0.6 is 0 Å². The summed E-state index contributed by atoms with van der Waals surface area (Å²) >= 11 is 0. The number of halogens is 1. The Morgan fingerprint density at radius 2 is 2.19 bits per heavy atom. The van der Waals surface area contributed by atoms with Crippen molar-refractivity contribution < 1.29 is 9.13 Å². The lowest BCUT2D eigenvalue weighted by Crippen LogP contribution is -2.16. The van der Waals surface area contributed by atoms with Crippen LogP contribution < -0.4 is 10.5 Å². The molecule has 0 aliphatic carbocycles. The first-order chi connectivity index (χ1) is 7.71. The Hall–Kier alpha value is -1.09. The molecule has 16 heavy (non-hydrogen) atoms. The van der Waals surface area contributed by atoms with E-state index in [1.165, 1.54) is 13.2 Å². The highest BCUT2D eigenvalue weighted by Crippen LogP contribution is 2.20. The minimum Gasteiger partial charge on any atom is -0.494 e. The second-order valence-corrected chi connectivity index (χ2v) is 4.06. The molecule has 1 rings (SSSR count). The maximum Gasteiger partial charge on any atom is 0.165 e. The van der Waals surface area contributed by atoms with E-state index < -0.39 is 0 Å². The molecule has 0 amide bonds. The molecule has 0 heterocycles. The van der Waals surface area contributed by atoms with Gasteiger partial charge in [0.1, 0.15) is 0 Å². The van der Waals surface area contributed by atoms with E-state index in [9.17, 15) is 4.39 Å². The van der Waals surface area contributed by atoms with Crippen LogP contribution in [0.2, 0.25) is 0 Å². The number of nitrogens with two attached hydrogens (primary N) is 1. The number of hydrogen-bond acceptors (Lipinski definition) is 2. The second-order valence-electron chi connectivity index (χ2n) is 4.06. The van der Waals surface area contributed by atoms with Gasteiger partial charge in [-0.25, -0.2) is 4.39 Å². The third-order valence-electron chi connectivity index (χ3n) is 2.77. The molecular weight excluding hydrogens is 205 g/mol. The van der Waals surface area contributed by atoms with Gasteiger partial charge in [-0.3, -0.25) is 0 Å². The molecule has 1 atom stereocenters. The number of methoxy groups -OCH3 is 1. The van der Waals surface area contributed by atoms with E-state index in [1.807, 2.05) is 6.07 Å². The Bertz CT molecular complexity index is 328. The zero-order chi connectivity index (χ0) is 12.0. The van der Waals surface area contributed by atoms with Gasteiger partial charge < -0.3 is 10.5 Å². The average Bonchev–Trinajstić information content (AvgIpc) is 2.28. The summed E-state index contributed by atoms with van der Waals surface area (Å²) < 4.78 is 18.3. The van der Waals surface area contributed by atoms with Gasteiger partial charge in [-0.2, -0.15) is 0 Å². The van der Waals surface area contributed by atoms with Crippen molar-refractivity contribution in [1.82, 2.24) is 0 Å². The van der Waals surface area contributed by atoms with Crippen LogP contribution in [0.1, 0.15) is 25.3 Å². The molecule has 0 aliphatic heterocycles. The van der Waals surface area contributed by atoms with Crippen molar-refractivity contribution in [2.24, 2.45) is 11.7 Å². The highest BCUT2D eigenvalue weighted by Gasteiger charge is 2.09. The minimum atomic E-state index is -0.299. The van der Waals surface area contributed by atoms with Crippen LogP contribution in [0.5, 0.6) is 5.75 Å². The number of hydrogen-bond donors (Lipinski definition) is 1. The molecule has 0 fully saturated rings. The van der Waals surface area contributed by atoms with Gasteiger partial charge in [-0.05, 0) is 43.0 Å². The van der Waals surface area contributed by atoms with Crippen molar-refractivity contribution in [2.75, 3.05) is 13.7 Å². The largest absolute Gasteiger partial charge is 0.494 e. The third kappa shape index (κ3) is 3.49. The summed E-state index contributed by atoms with van der Waals surface area (Å²) in [7, 11) is 1.47. The van der Waals surface area contributed by atoms with Gasteiger partial charge in [0.15, 0.2) is 11.6 Å². The van der Waals surface area contributed by atoms with Gasteiger partial charge in [-0.15, -0.1) is 0 Å². The van der Waals surface area contributed by atoms with Crippen molar-refractivity contribution in [3.63, 3.8) is 0 Å². The summed E-state index contributed by atoms with van der Waals surface area (Å²) in [6, 6.07) is 5.11. The lowest BCUT2D eigenvalue weighted by atomic mass is 9.95. The zero-order valence-electron chi connectivity index (χ0n) is 10.0. The molecule has 90 valence electrons. The van der Waals surface area contributed by atoms with E-state index >= 15 is 0 Å². The zero-order valence-corrected chi connectivity index (χ0v) is 10.0. The first-order valence-corrected chi connectivity index (χ1v) is 5.73. The van der Waals surface area contributed by atoms with E-state index in [0.717, 1.165) is 24.8 Å². The van der Waals surface area contributed by atoms with E-state index in [-0.39, 0.29) is 5.82 Å². The molecule has 2 nitrogen and oxygen atoms in total. The van der Waals surface area contributed by atoms with Gasteiger partial charge in [0.2, 0.25) is 0 Å². The molecular formula is C13H20FNO. The summed E-state index contributed by atoms with van der Waals surface area (Å²) in [5, 5.41) is 0. The van der Waals surface area contributed by atoms with Crippen molar-refractivity contribution in [3.8, 4) is 5.75 Å². The van der Waals surface area contributed by atoms with E-state index in [0.29, 0.717) is 18.2 Å². The van der Waals surface area contributed by atoms with Crippen LogP contribution in [0, 0.1) is 11.7 Å². The van der Waals surface area contributed by atoms with Crippen LogP contribution in [-0.4, -0.2) is 13.7 Å². The Morgan fingerprint density at radius 3 is 2.69 bits per heavy atom. The molecule has 0 saturated heterocycles. The lowest BCUT2D eigenvalue weighted by Gasteiger charge is -2.14. The van der Waals surface area contributed by atoms with E-state index in [2.05, 4.69) is 6.92 Å². The van der Waals surface area contributed by atoms with Crippen LogP contribution in [0.15, 0.2) is 18.2 Å². The second kappa shape index (κ2) is 6.48. The maximum atomic E-state index is 13.4. The van der Waals surface area contributed by atoms with Crippen molar-refractivity contribution in [3.05, 3.63) is 29.6 Å².